The van der Waals surface area contributed by atoms with Crippen LogP contribution in [0.2, 0.25) is 0 Å². The normalized spacial score (nSPS) is 12.9. The van der Waals surface area contributed by atoms with Gasteiger partial charge in [-0.05, 0) is 13.0 Å². The number of carbonyl (C=O) groups is 1. The molecule has 0 bridgehead atoms. The van der Waals surface area contributed by atoms with E-state index < -0.39 is 0 Å². The van der Waals surface area contributed by atoms with E-state index in [1.54, 1.807) is 6.07 Å². The highest BCUT2D eigenvalue weighted by molar-refractivity contribution is 5.79. The lowest BCUT2D eigenvalue weighted by atomic mass is 10.1. The molecule has 0 aliphatic carbocycles. The fourth-order valence-electron chi connectivity index (χ4n) is 1.38. The van der Waals surface area contributed by atoms with Gasteiger partial charge < -0.3 is 14.6 Å². The quantitative estimate of drug-likeness (QED) is 0.769. The van der Waals surface area contributed by atoms with Gasteiger partial charge in [0.2, 0.25) is 6.79 Å². The van der Waals surface area contributed by atoms with Crippen molar-refractivity contribution in [3.8, 4) is 17.2 Å². The molecule has 1 heterocycles. The Morgan fingerprint density at radius 2 is 2.07 bits per heavy atom. The van der Waals surface area contributed by atoms with Crippen LogP contribution in [0.4, 0.5) is 0 Å². The van der Waals surface area contributed by atoms with E-state index in [-0.39, 0.29) is 24.7 Å². The van der Waals surface area contributed by atoms with Crippen molar-refractivity contribution in [2.45, 2.75) is 13.3 Å². The van der Waals surface area contributed by atoms with Gasteiger partial charge in [0.15, 0.2) is 11.5 Å². The van der Waals surface area contributed by atoms with Gasteiger partial charge in [-0.25, -0.2) is 0 Å². The Balaban J connectivity index is 2.37. The molecule has 4 heteroatoms. The molecule has 2 rings (SSSR count). The smallest absolute Gasteiger partial charge is 0.231 e. The SMILES string of the molecule is CC(=O)Cc1cc2c(cc1O)OCO2. The Morgan fingerprint density at radius 3 is 2.71 bits per heavy atom. The Hall–Kier alpha value is -1.71. The van der Waals surface area contributed by atoms with Crippen molar-refractivity contribution < 1.29 is 19.4 Å². The van der Waals surface area contributed by atoms with Gasteiger partial charge in [-0.1, -0.05) is 0 Å². The fourth-order valence-corrected chi connectivity index (χ4v) is 1.38. The first-order valence-corrected chi connectivity index (χ1v) is 4.28. The van der Waals surface area contributed by atoms with E-state index in [9.17, 15) is 9.90 Å². The van der Waals surface area contributed by atoms with Gasteiger partial charge in [-0.2, -0.15) is 0 Å². The van der Waals surface area contributed by atoms with Crippen molar-refractivity contribution >= 4 is 5.78 Å². The average Bonchev–Trinajstić information content (AvgIpc) is 2.51. The highest BCUT2D eigenvalue weighted by Crippen LogP contribution is 2.37. The number of hydrogen-bond acceptors (Lipinski definition) is 4. The monoisotopic (exact) mass is 194 g/mol. The number of rotatable bonds is 2. The number of aromatic hydroxyl groups is 1. The summed E-state index contributed by atoms with van der Waals surface area (Å²) < 4.78 is 10.2. The maximum absolute atomic E-state index is 10.9. The number of benzene rings is 1. The Morgan fingerprint density at radius 1 is 1.43 bits per heavy atom. The van der Waals surface area contributed by atoms with E-state index in [4.69, 9.17) is 9.47 Å². The Bertz CT molecular complexity index is 384. The van der Waals surface area contributed by atoms with Crippen LogP contribution in [0.5, 0.6) is 17.2 Å². The summed E-state index contributed by atoms with van der Waals surface area (Å²) in [4.78, 5) is 10.9. The summed E-state index contributed by atoms with van der Waals surface area (Å²) in [6.45, 7) is 1.64. The van der Waals surface area contributed by atoms with Crippen LogP contribution in [-0.4, -0.2) is 17.7 Å². The lowest BCUT2D eigenvalue weighted by Crippen LogP contribution is -1.96. The predicted octanol–water partition coefficient (Wildman–Crippen LogP) is 1.25. The van der Waals surface area contributed by atoms with Crippen LogP contribution >= 0.6 is 0 Å². The van der Waals surface area contributed by atoms with Crippen LogP contribution in [0, 0.1) is 0 Å². The number of phenols is 1. The van der Waals surface area contributed by atoms with Crippen LogP contribution in [0.1, 0.15) is 12.5 Å². The fraction of sp³-hybridized carbons (Fsp3) is 0.300. The molecule has 0 unspecified atom stereocenters. The molecule has 1 aromatic carbocycles. The van der Waals surface area contributed by atoms with Crippen LogP contribution in [0.15, 0.2) is 12.1 Å². The van der Waals surface area contributed by atoms with Crippen molar-refractivity contribution in [3.63, 3.8) is 0 Å². The second-order valence-electron chi connectivity index (χ2n) is 3.21. The summed E-state index contributed by atoms with van der Waals surface area (Å²) in [5.41, 5.74) is 0.571. The third kappa shape index (κ3) is 1.51. The lowest BCUT2D eigenvalue weighted by molar-refractivity contribution is -0.116. The molecule has 0 aromatic heterocycles. The van der Waals surface area contributed by atoms with E-state index in [1.807, 2.05) is 0 Å². The van der Waals surface area contributed by atoms with Crippen molar-refractivity contribution in [1.82, 2.24) is 0 Å². The molecule has 74 valence electrons. The van der Waals surface area contributed by atoms with E-state index in [0.29, 0.717) is 17.1 Å². The summed E-state index contributed by atoms with van der Waals surface area (Å²) in [6, 6.07) is 3.11. The van der Waals surface area contributed by atoms with E-state index in [2.05, 4.69) is 0 Å². The number of ether oxygens (including phenoxy) is 2. The number of phenolic OH excluding ortho intramolecular Hbond substituents is 1. The first-order valence-electron chi connectivity index (χ1n) is 4.28. The van der Waals surface area contributed by atoms with Crippen molar-refractivity contribution in [2.24, 2.45) is 0 Å². The van der Waals surface area contributed by atoms with E-state index in [1.165, 1.54) is 13.0 Å². The minimum atomic E-state index is -0.000773. The highest BCUT2D eigenvalue weighted by atomic mass is 16.7. The minimum absolute atomic E-state index is 0.000773. The third-order valence-corrected chi connectivity index (χ3v) is 2.01. The van der Waals surface area contributed by atoms with Gasteiger partial charge in [-0.15, -0.1) is 0 Å². The van der Waals surface area contributed by atoms with Gasteiger partial charge in [0.1, 0.15) is 11.5 Å². The summed E-state index contributed by atoms with van der Waals surface area (Å²) in [5, 5.41) is 9.54. The summed E-state index contributed by atoms with van der Waals surface area (Å²) in [7, 11) is 0. The molecular weight excluding hydrogens is 184 g/mol. The van der Waals surface area contributed by atoms with Gasteiger partial charge >= 0.3 is 0 Å². The van der Waals surface area contributed by atoms with Gasteiger partial charge in [0.25, 0.3) is 0 Å². The van der Waals surface area contributed by atoms with E-state index in [0.717, 1.165) is 0 Å². The zero-order valence-corrected chi connectivity index (χ0v) is 7.74. The van der Waals surface area contributed by atoms with Crippen molar-refractivity contribution in [3.05, 3.63) is 17.7 Å². The molecule has 0 radical (unpaired) electrons. The van der Waals surface area contributed by atoms with Crippen LogP contribution < -0.4 is 9.47 Å². The molecule has 0 atom stereocenters. The number of Topliss-reactive ketones (excluding diaryl/α,β-unsaturated/α-hetero) is 1. The first-order chi connectivity index (χ1) is 6.66. The summed E-state index contributed by atoms with van der Waals surface area (Å²) in [5.74, 6) is 1.18. The Kier molecular flexibility index (Phi) is 2.04. The molecule has 1 aromatic rings. The Labute approximate surface area is 81.1 Å². The zero-order valence-electron chi connectivity index (χ0n) is 7.74. The molecule has 1 N–H and O–H groups in total. The molecule has 0 amide bonds. The zero-order chi connectivity index (χ0) is 10.1. The third-order valence-electron chi connectivity index (χ3n) is 2.01. The molecule has 4 nitrogen and oxygen atoms in total. The summed E-state index contributed by atoms with van der Waals surface area (Å²) in [6.07, 6.45) is 0.211. The molecule has 0 fully saturated rings. The largest absolute Gasteiger partial charge is 0.508 e. The second kappa shape index (κ2) is 3.21. The van der Waals surface area contributed by atoms with Crippen molar-refractivity contribution in [1.29, 1.82) is 0 Å². The molecule has 0 saturated carbocycles. The maximum Gasteiger partial charge on any atom is 0.231 e. The molecule has 1 aliphatic heterocycles. The molecular formula is C10H10O4. The number of carbonyl (C=O) groups excluding carboxylic acids is 1. The van der Waals surface area contributed by atoms with Gasteiger partial charge in [0.05, 0.1) is 0 Å². The molecule has 14 heavy (non-hydrogen) atoms. The molecule has 0 spiro atoms. The number of fused-ring (bicyclic) bond motifs is 1. The number of ketones is 1. The topological polar surface area (TPSA) is 55.8 Å². The molecule has 0 saturated heterocycles. The lowest BCUT2D eigenvalue weighted by Gasteiger charge is -2.03. The van der Waals surface area contributed by atoms with Gasteiger partial charge in [0, 0.05) is 18.1 Å². The van der Waals surface area contributed by atoms with Crippen LogP contribution in [0.3, 0.4) is 0 Å². The van der Waals surface area contributed by atoms with Crippen LogP contribution in [0.25, 0.3) is 0 Å². The predicted molar refractivity (Wildman–Crippen MR) is 48.6 cm³/mol. The summed E-state index contributed by atoms with van der Waals surface area (Å²) >= 11 is 0. The maximum atomic E-state index is 10.9. The minimum Gasteiger partial charge on any atom is -0.508 e. The van der Waals surface area contributed by atoms with E-state index >= 15 is 0 Å². The standard InChI is InChI=1S/C10H10O4/c1-6(11)2-7-3-9-10(4-8(7)12)14-5-13-9/h3-4,12H,2,5H2,1H3. The first kappa shape index (κ1) is 8.87. The average molecular weight is 194 g/mol. The molecule has 1 aliphatic rings. The van der Waals surface area contributed by atoms with Crippen LogP contribution in [-0.2, 0) is 11.2 Å². The number of hydrogen-bond donors (Lipinski definition) is 1. The van der Waals surface area contributed by atoms with Crippen molar-refractivity contribution in [2.75, 3.05) is 6.79 Å². The van der Waals surface area contributed by atoms with Gasteiger partial charge in [-0.3, -0.25) is 4.79 Å². The second-order valence-corrected chi connectivity index (χ2v) is 3.21. The highest BCUT2D eigenvalue weighted by Gasteiger charge is 2.17.